The molecule has 1 fully saturated rings. The third-order valence-corrected chi connectivity index (χ3v) is 4.48. The molecule has 0 spiro atoms. The lowest BCUT2D eigenvalue weighted by atomic mass is 9.96. The maximum Gasteiger partial charge on any atom is 0.00719 e. The molecule has 0 aliphatic heterocycles. The molecule has 2 heteroatoms. The van der Waals surface area contributed by atoms with Crippen molar-refractivity contribution in [3.05, 3.63) is 30.3 Å². The Morgan fingerprint density at radius 1 is 1.33 bits per heavy atom. The van der Waals surface area contributed by atoms with Gasteiger partial charge in [-0.1, -0.05) is 18.2 Å². The molecule has 0 saturated heterocycles. The van der Waals surface area contributed by atoms with Gasteiger partial charge in [-0.25, -0.2) is 0 Å². The number of hydrogen-bond donors (Lipinski definition) is 1. The van der Waals surface area contributed by atoms with Gasteiger partial charge in [0, 0.05) is 10.9 Å². The number of thioether (sulfide) groups is 1. The van der Waals surface area contributed by atoms with Crippen molar-refractivity contribution >= 4 is 11.8 Å². The fourth-order valence-electron chi connectivity index (χ4n) is 1.98. The average Bonchev–Trinajstić information content (AvgIpc) is 3.01. The van der Waals surface area contributed by atoms with Gasteiger partial charge in [-0.15, -0.1) is 11.8 Å². The van der Waals surface area contributed by atoms with Crippen molar-refractivity contribution < 1.29 is 0 Å². The van der Waals surface area contributed by atoms with Gasteiger partial charge in [0.1, 0.15) is 0 Å². The highest BCUT2D eigenvalue weighted by Gasteiger charge is 2.44. The van der Waals surface area contributed by atoms with E-state index in [4.69, 9.17) is 5.73 Å². The van der Waals surface area contributed by atoms with Crippen LogP contribution in [0.15, 0.2) is 35.2 Å². The second-order valence-electron chi connectivity index (χ2n) is 4.56. The summed E-state index contributed by atoms with van der Waals surface area (Å²) < 4.78 is 0. The Balaban J connectivity index is 1.76. The summed E-state index contributed by atoms with van der Waals surface area (Å²) in [6.45, 7) is 2.15. The molecule has 1 aromatic carbocycles. The summed E-state index contributed by atoms with van der Waals surface area (Å²) in [6.07, 6.45) is 3.93. The first-order valence-electron chi connectivity index (χ1n) is 5.66. The van der Waals surface area contributed by atoms with Gasteiger partial charge in [0.25, 0.3) is 0 Å². The van der Waals surface area contributed by atoms with Crippen LogP contribution in [0.1, 0.15) is 26.2 Å². The van der Waals surface area contributed by atoms with E-state index in [0.717, 1.165) is 0 Å². The van der Waals surface area contributed by atoms with E-state index in [2.05, 4.69) is 37.3 Å². The summed E-state index contributed by atoms with van der Waals surface area (Å²) in [5, 5.41) is 0. The summed E-state index contributed by atoms with van der Waals surface area (Å²) in [6, 6.07) is 11.0. The predicted molar refractivity (Wildman–Crippen MR) is 67.1 cm³/mol. The molecule has 1 saturated carbocycles. The van der Waals surface area contributed by atoms with E-state index >= 15 is 0 Å². The van der Waals surface area contributed by atoms with Crippen LogP contribution < -0.4 is 5.73 Å². The van der Waals surface area contributed by atoms with Gasteiger partial charge in [0.15, 0.2) is 0 Å². The van der Waals surface area contributed by atoms with Gasteiger partial charge >= 0.3 is 0 Å². The van der Waals surface area contributed by atoms with E-state index < -0.39 is 0 Å². The normalized spacial score (nSPS) is 19.9. The zero-order valence-corrected chi connectivity index (χ0v) is 10.1. The quantitative estimate of drug-likeness (QED) is 0.772. The molecular weight excluding hydrogens is 202 g/mol. The van der Waals surface area contributed by atoms with Gasteiger partial charge < -0.3 is 5.73 Å². The molecule has 0 heterocycles. The van der Waals surface area contributed by atoms with Crippen molar-refractivity contribution in [2.45, 2.75) is 37.1 Å². The molecule has 0 aromatic heterocycles. The van der Waals surface area contributed by atoms with Crippen molar-refractivity contribution in [2.24, 2.45) is 11.1 Å². The van der Waals surface area contributed by atoms with Crippen LogP contribution in [0.4, 0.5) is 0 Å². The number of rotatable bonds is 5. The lowest BCUT2D eigenvalue weighted by Gasteiger charge is -2.18. The highest BCUT2D eigenvalue weighted by molar-refractivity contribution is 7.99. The average molecular weight is 221 g/mol. The Bertz CT molecular complexity index is 304. The van der Waals surface area contributed by atoms with Crippen LogP contribution in [0.2, 0.25) is 0 Å². The van der Waals surface area contributed by atoms with Crippen LogP contribution in [0.5, 0.6) is 0 Å². The van der Waals surface area contributed by atoms with Gasteiger partial charge in [-0.05, 0) is 49.5 Å². The van der Waals surface area contributed by atoms with Crippen molar-refractivity contribution in [3.63, 3.8) is 0 Å². The van der Waals surface area contributed by atoms with Crippen molar-refractivity contribution in [1.82, 2.24) is 0 Å². The summed E-state index contributed by atoms with van der Waals surface area (Å²) in [4.78, 5) is 1.37. The monoisotopic (exact) mass is 221 g/mol. The zero-order valence-electron chi connectivity index (χ0n) is 9.28. The minimum atomic E-state index is 0.369. The van der Waals surface area contributed by atoms with Crippen molar-refractivity contribution in [3.8, 4) is 0 Å². The van der Waals surface area contributed by atoms with E-state index in [1.165, 1.54) is 29.9 Å². The lowest BCUT2D eigenvalue weighted by molar-refractivity contribution is 0.410. The molecule has 1 unspecified atom stereocenters. The molecule has 2 rings (SSSR count). The second-order valence-corrected chi connectivity index (χ2v) is 5.73. The molecule has 1 aliphatic carbocycles. The second kappa shape index (κ2) is 4.58. The molecule has 1 atom stereocenters. The molecule has 2 N–H and O–H groups in total. The summed E-state index contributed by atoms with van der Waals surface area (Å²) in [5.41, 5.74) is 6.49. The summed E-state index contributed by atoms with van der Waals surface area (Å²) >= 11 is 1.95. The van der Waals surface area contributed by atoms with Crippen LogP contribution in [-0.4, -0.2) is 11.8 Å². The fraction of sp³-hybridized carbons (Fsp3) is 0.538. The maximum absolute atomic E-state index is 6.00. The first-order valence-corrected chi connectivity index (χ1v) is 6.65. The largest absolute Gasteiger partial charge is 0.327 e. The first kappa shape index (κ1) is 11.0. The highest BCUT2D eigenvalue weighted by atomic mass is 32.2. The zero-order chi connectivity index (χ0) is 10.7. The van der Waals surface area contributed by atoms with Crippen LogP contribution in [0.25, 0.3) is 0 Å². The van der Waals surface area contributed by atoms with Crippen LogP contribution in [0.3, 0.4) is 0 Å². The third kappa shape index (κ3) is 2.76. The highest BCUT2D eigenvalue weighted by Crippen LogP contribution is 2.51. The van der Waals surface area contributed by atoms with Crippen molar-refractivity contribution in [2.75, 3.05) is 5.75 Å². The molecular formula is C13H19NS. The van der Waals surface area contributed by atoms with E-state index in [1.54, 1.807) is 0 Å². The minimum Gasteiger partial charge on any atom is -0.327 e. The lowest BCUT2D eigenvalue weighted by Crippen LogP contribution is -2.28. The molecule has 1 aliphatic rings. The SMILES string of the molecule is CC(N)C1(CCSc2ccccc2)CC1. The topological polar surface area (TPSA) is 26.0 Å². The van der Waals surface area contributed by atoms with E-state index in [-0.39, 0.29) is 0 Å². The van der Waals surface area contributed by atoms with Crippen molar-refractivity contribution in [1.29, 1.82) is 0 Å². The van der Waals surface area contributed by atoms with E-state index in [0.29, 0.717) is 11.5 Å². The molecule has 82 valence electrons. The summed E-state index contributed by atoms with van der Waals surface area (Å²) in [5.74, 6) is 1.20. The van der Waals surface area contributed by atoms with Gasteiger partial charge in [-0.3, -0.25) is 0 Å². The van der Waals surface area contributed by atoms with Crippen LogP contribution in [0, 0.1) is 5.41 Å². The van der Waals surface area contributed by atoms with E-state index in [1.807, 2.05) is 11.8 Å². The molecule has 0 amide bonds. The Labute approximate surface area is 96.4 Å². The first-order chi connectivity index (χ1) is 7.23. The predicted octanol–water partition coefficient (Wildman–Crippen LogP) is 3.30. The number of nitrogens with two attached hydrogens (primary N) is 1. The Kier molecular flexibility index (Phi) is 3.37. The van der Waals surface area contributed by atoms with E-state index in [9.17, 15) is 0 Å². The van der Waals surface area contributed by atoms with Crippen LogP contribution in [-0.2, 0) is 0 Å². The fourth-order valence-corrected chi connectivity index (χ4v) is 3.08. The van der Waals surface area contributed by atoms with Gasteiger partial charge in [0.05, 0.1) is 0 Å². The molecule has 1 aromatic rings. The molecule has 0 radical (unpaired) electrons. The Morgan fingerprint density at radius 2 is 2.00 bits per heavy atom. The van der Waals surface area contributed by atoms with Gasteiger partial charge in [0.2, 0.25) is 0 Å². The summed E-state index contributed by atoms with van der Waals surface area (Å²) in [7, 11) is 0. The minimum absolute atomic E-state index is 0.369. The van der Waals surface area contributed by atoms with Gasteiger partial charge in [-0.2, -0.15) is 0 Å². The Morgan fingerprint density at radius 3 is 2.53 bits per heavy atom. The maximum atomic E-state index is 6.00. The standard InChI is InChI=1S/C13H19NS/c1-11(14)13(7-8-13)9-10-15-12-5-3-2-4-6-12/h2-6,11H,7-10,14H2,1H3. The smallest absolute Gasteiger partial charge is 0.00719 e. The molecule has 1 nitrogen and oxygen atoms in total. The number of benzene rings is 1. The van der Waals surface area contributed by atoms with Crippen LogP contribution >= 0.6 is 11.8 Å². The molecule has 15 heavy (non-hydrogen) atoms. The third-order valence-electron chi connectivity index (χ3n) is 3.47. The number of hydrogen-bond acceptors (Lipinski definition) is 2. The molecule has 0 bridgehead atoms. The Hall–Kier alpha value is -0.470.